The van der Waals surface area contributed by atoms with Gasteiger partial charge in [0.05, 0.1) is 11.1 Å². The second kappa shape index (κ2) is 11.8. The average Bonchev–Trinajstić information content (AvgIpc) is 3.42. The van der Waals surface area contributed by atoms with Gasteiger partial charge in [0.1, 0.15) is 6.33 Å². The molecular formula is C33H31F3N4O. The van der Waals surface area contributed by atoms with Gasteiger partial charge in [-0.1, -0.05) is 42.2 Å². The molecule has 5 rings (SSSR count). The summed E-state index contributed by atoms with van der Waals surface area (Å²) in [6.07, 6.45) is -0.510. The van der Waals surface area contributed by atoms with E-state index in [2.05, 4.69) is 31.6 Å². The minimum Gasteiger partial charge on any atom is -0.305 e. The van der Waals surface area contributed by atoms with Crippen molar-refractivity contribution in [2.45, 2.75) is 38.5 Å². The number of aryl methyl sites for hydroxylation is 1. The summed E-state index contributed by atoms with van der Waals surface area (Å²) < 4.78 is 42.2. The third kappa shape index (κ3) is 6.64. The average molecular weight is 557 g/mol. The molecule has 5 nitrogen and oxygen atoms in total. The number of aromatic nitrogens is 2. The number of ketones is 1. The van der Waals surface area contributed by atoms with Gasteiger partial charge in [0, 0.05) is 60.4 Å². The van der Waals surface area contributed by atoms with Crippen LogP contribution in [0.5, 0.6) is 0 Å². The maximum absolute atomic E-state index is 14.1. The molecule has 1 fully saturated rings. The van der Waals surface area contributed by atoms with Gasteiger partial charge in [0.25, 0.3) is 0 Å². The molecule has 0 N–H and O–H groups in total. The van der Waals surface area contributed by atoms with Crippen molar-refractivity contribution in [2.75, 3.05) is 27.2 Å². The van der Waals surface area contributed by atoms with Crippen molar-refractivity contribution >= 4 is 16.7 Å². The summed E-state index contributed by atoms with van der Waals surface area (Å²) in [4.78, 5) is 25.7. The van der Waals surface area contributed by atoms with Crippen molar-refractivity contribution in [2.24, 2.45) is 0 Å². The van der Waals surface area contributed by atoms with E-state index >= 15 is 0 Å². The van der Waals surface area contributed by atoms with E-state index in [1.54, 1.807) is 24.4 Å². The maximum atomic E-state index is 14.1. The highest BCUT2D eigenvalue weighted by atomic mass is 19.4. The van der Waals surface area contributed by atoms with E-state index in [1.807, 2.05) is 45.3 Å². The molecule has 1 aliphatic heterocycles. The number of alkyl halides is 3. The quantitative estimate of drug-likeness (QED) is 0.218. The van der Waals surface area contributed by atoms with Crippen LogP contribution in [0.2, 0.25) is 0 Å². The second-order valence-corrected chi connectivity index (χ2v) is 10.8. The molecule has 1 aromatic heterocycles. The molecule has 0 bridgehead atoms. The van der Waals surface area contributed by atoms with E-state index in [1.165, 1.54) is 12.4 Å². The van der Waals surface area contributed by atoms with Crippen LogP contribution >= 0.6 is 0 Å². The van der Waals surface area contributed by atoms with Crippen molar-refractivity contribution < 1.29 is 18.0 Å². The summed E-state index contributed by atoms with van der Waals surface area (Å²) >= 11 is 0. The van der Waals surface area contributed by atoms with Crippen molar-refractivity contribution in [1.29, 1.82) is 0 Å². The summed E-state index contributed by atoms with van der Waals surface area (Å²) in [5, 5.41) is 0.832. The fourth-order valence-corrected chi connectivity index (χ4v) is 5.22. The minimum atomic E-state index is -4.51. The Morgan fingerprint density at radius 3 is 2.63 bits per heavy atom. The number of Topliss-reactive ketones (excluding diaryl/α,β-unsaturated/α-hetero) is 1. The number of hydrogen-bond acceptors (Lipinski definition) is 5. The highest BCUT2D eigenvalue weighted by Crippen LogP contribution is 2.34. The van der Waals surface area contributed by atoms with E-state index in [9.17, 15) is 18.0 Å². The SMILES string of the molecule is Cc1ccc(C(=O)Cc2ccc(CN3CC[C@@H](N(C)C)C3)c(C(F)(F)F)c2)cc1C#Cc1cccc2ncncc12. The first-order valence-electron chi connectivity index (χ1n) is 13.5. The molecule has 1 saturated heterocycles. The highest BCUT2D eigenvalue weighted by Gasteiger charge is 2.35. The van der Waals surface area contributed by atoms with Gasteiger partial charge in [-0.25, -0.2) is 9.97 Å². The number of fused-ring (bicyclic) bond motifs is 1. The Hall–Kier alpha value is -4.06. The van der Waals surface area contributed by atoms with Crippen molar-refractivity contribution in [1.82, 2.24) is 19.8 Å². The number of likely N-dealkylation sites (N-methyl/N-ethyl adjacent to an activating group) is 1. The molecule has 0 aliphatic carbocycles. The molecule has 1 atom stereocenters. The van der Waals surface area contributed by atoms with E-state index < -0.39 is 11.7 Å². The van der Waals surface area contributed by atoms with E-state index in [0.717, 1.165) is 47.6 Å². The van der Waals surface area contributed by atoms with Gasteiger partial charge in [-0.05, 0) is 68.4 Å². The first-order valence-corrected chi connectivity index (χ1v) is 13.5. The van der Waals surface area contributed by atoms with E-state index in [4.69, 9.17) is 0 Å². The fourth-order valence-electron chi connectivity index (χ4n) is 5.22. The Labute approximate surface area is 238 Å². The topological polar surface area (TPSA) is 49.3 Å². The lowest BCUT2D eigenvalue weighted by atomic mass is 9.96. The minimum absolute atomic E-state index is 0.133. The third-order valence-electron chi connectivity index (χ3n) is 7.66. The van der Waals surface area contributed by atoms with Crippen LogP contribution in [0.15, 0.2) is 67.1 Å². The molecule has 2 heterocycles. The predicted molar refractivity (Wildman–Crippen MR) is 154 cm³/mol. The largest absolute Gasteiger partial charge is 0.416 e. The van der Waals surface area contributed by atoms with Crippen LogP contribution in [-0.2, 0) is 19.1 Å². The number of rotatable bonds is 6. The Balaban J connectivity index is 1.35. The Morgan fingerprint density at radius 2 is 1.88 bits per heavy atom. The van der Waals surface area contributed by atoms with Crippen LogP contribution in [0.1, 0.15) is 50.2 Å². The summed E-state index contributed by atoms with van der Waals surface area (Å²) in [5.74, 6) is 6.04. The lowest BCUT2D eigenvalue weighted by Gasteiger charge is -2.22. The first-order chi connectivity index (χ1) is 19.6. The van der Waals surface area contributed by atoms with Crippen molar-refractivity contribution in [3.05, 3.63) is 106 Å². The van der Waals surface area contributed by atoms with Gasteiger partial charge in [0.2, 0.25) is 0 Å². The smallest absolute Gasteiger partial charge is 0.305 e. The van der Waals surface area contributed by atoms with Crippen LogP contribution in [0.3, 0.4) is 0 Å². The molecule has 210 valence electrons. The van der Waals surface area contributed by atoms with Gasteiger partial charge >= 0.3 is 6.18 Å². The van der Waals surface area contributed by atoms with Gasteiger partial charge in [-0.15, -0.1) is 0 Å². The number of nitrogens with zero attached hydrogens (tertiary/aromatic N) is 4. The molecule has 4 aromatic rings. The van der Waals surface area contributed by atoms with Crippen LogP contribution in [-0.4, -0.2) is 58.8 Å². The number of benzene rings is 3. The highest BCUT2D eigenvalue weighted by molar-refractivity contribution is 5.98. The molecule has 0 spiro atoms. The number of halogens is 3. The second-order valence-electron chi connectivity index (χ2n) is 10.8. The summed E-state index contributed by atoms with van der Waals surface area (Å²) in [6.45, 7) is 3.63. The van der Waals surface area contributed by atoms with Gasteiger partial charge in [-0.2, -0.15) is 13.2 Å². The molecule has 0 saturated carbocycles. The molecule has 0 unspecified atom stereocenters. The number of carbonyl (C=O) groups is 1. The Morgan fingerprint density at radius 1 is 1.07 bits per heavy atom. The van der Waals surface area contributed by atoms with Crippen molar-refractivity contribution in [3.63, 3.8) is 0 Å². The molecule has 1 aliphatic rings. The van der Waals surface area contributed by atoms with Crippen LogP contribution in [0, 0.1) is 18.8 Å². The third-order valence-corrected chi connectivity index (χ3v) is 7.66. The Kier molecular flexibility index (Phi) is 8.20. The lowest BCUT2D eigenvalue weighted by molar-refractivity contribution is -0.138. The van der Waals surface area contributed by atoms with Crippen LogP contribution < -0.4 is 0 Å². The molecule has 0 amide bonds. The van der Waals surface area contributed by atoms with Gasteiger partial charge in [0.15, 0.2) is 5.78 Å². The zero-order valence-electron chi connectivity index (χ0n) is 23.3. The molecular weight excluding hydrogens is 525 g/mol. The lowest BCUT2D eigenvalue weighted by Crippen LogP contribution is -2.31. The molecule has 41 heavy (non-hydrogen) atoms. The summed E-state index contributed by atoms with van der Waals surface area (Å²) in [7, 11) is 3.98. The monoisotopic (exact) mass is 556 g/mol. The maximum Gasteiger partial charge on any atom is 0.416 e. The number of carbonyl (C=O) groups excluding carboxylic acids is 1. The summed E-state index contributed by atoms with van der Waals surface area (Å²) in [5.41, 5.74) is 3.43. The van der Waals surface area contributed by atoms with Crippen molar-refractivity contribution in [3.8, 4) is 11.8 Å². The van der Waals surface area contributed by atoms with E-state index in [0.29, 0.717) is 22.7 Å². The zero-order valence-corrected chi connectivity index (χ0v) is 23.3. The van der Waals surface area contributed by atoms with Gasteiger partial charge in [-0.3, -0.25) is 9.69 Å². The molecule has 0 radical (unpaired) electrons. The fraction of sp³-hybridized carbons (Fsp3) is 0.303. The predicted octanol–water partition coefficient (Wildman–Crippen LogP) is 5.92. The summed E-state index contributed by atoms with van der Waals surface area (Å²) in [6, 6.07) is 15.5. The normalized spacial score (nSPS) is 15.7. The van der Waals surface area contributed by atoms with E-state index in [-0.39, 0.29) is 24.3 Å². The number of hydrogen-bond donors (Lipinski definition) is 0. The van der Waals surface area contributed by atoms with Gasteiger partial charge < -0.3 is 4.90 Å². The number of likely N-dealkylation sites (tertiary alicyclic amines) is 1. The van der Waals surface area contributed by atoms with Crippen LogP contribution in [0.4, 0.5) is 13.2 Å². The molecule has 8 heteroatoms. The Bertz CT molecular complexity index is 1650. The zero-order chi connectivity index (χ0) is 29.1. The van der Waals surface area contributed by atoms with Crippen LogP contribution in [0.25, 0.3) is 10.9 Å². The molecule has 3 aromatic carbocycles. The first kappa shape index (κ1) is 28.5. The standard InChI is InChI=1S/C33H31F3N4O/c1-22-7-9-26(17-25(22)12-11-24-5-4-6-31-29(24)18-37-21-38-31)32(41)16-23-8-10-27(30(15-23)33(34,35)36)19-40-14-13-28(20-40)39(2)3/h4-10,15,17-18,21,28H,13-14,16,19-20H2,1-3H3/t28-/m1/s1.